The Hall–Kier alpha value is -1.17. The van der Waals surface area contributed by atoms with Crippen molar-refractivity contribution in [2.75, 3.05) is 17.3 Å². The Morgan fingerprint density at radius 3 is 2.68 bits per heavy atom. The van der Waals surface area contributed by atoms with Gasteiger partial charge in [0.1, 0.15) is 5.82 Å². The minimum Gasteiger partial charge on any atom is -0.311 e. The summed E-state index contributed by atoms with van der Waals surface area (Å²) >= 11 is 11.5. The molecule has 1 aromatic rings. The van der Waals surface area contributed by atoms with Crippen LogP contribution in [0.25, 0.3) is 0 Å². The van der Waals surface area contributed by atoms with E-state index in [0.29, 0.717) is 5.69 Å². The number of amides is 1. The van der Waals surface area contributed by atoms with E-state index in [1.807, 2.05) is 0 Å². The van der Waals surface area contributed by atoms with Gasteiger partial charge in [-0.3, -0.25) is 9.59 Å². The van der Waals surface area contributed by atoms with E-state index in [1.165, 1.54) is 23.1 Å². The third-order valence-corrected chi connectivity index (χ3v) is 4.88. The lowest BCUT2D eigenvalue weighted by Gasteiger charge is -2.30. The number of nitrogens with zero attached hydrogens (tertiary/aromatic N) is 1. The Bertz CT molecular complexity index is 636. The molecule has 1 aliphatic rings. The molecule has 1 atom stereocenters. The molecule has 1 unspecified atom stereocenters. The highest BCUT2D eigenvalue weighted by atomic mass is 35.5. The van der Waals surface area contributed by atoms with Gasteiger partial charge in [-0.2, -0.15) is 0 Å². The van der Waals surface area contributed by atoms with Crippen LogP contribution in [0.2, 0.25) is 5.02 Å². The molecule has 22 heavy (non-hydrogen) atoms. The molecule has 2 N–H and O–H groups in total. The van der Waals surface area contributed by atoms with Crippen LogP contribution in [0.1, 0.15) is 20.3 Å². The monoisotopic (exact) mass is 346 g/mol. The molecular weight excluding hydrogens is 330 g/mol. The minimum atomic E-state index is -1.61. The summed E-state index contributed by atoms with van der Waals surface area (Å²) in [4.78, 5) is 26.6. The van der Waals surface area contributed by atoms with Gasteiger partial charge >= 0.3 is 0 Å². The first kappa shape index (κ1) is 17.2. The second kappa shape index (κ2) is 5.80. The zero-order valence-electron chi connectivity index (χ0n) is 12.3. The van der Waals surface area contributed by atoms with E-state index in [0.717, 1.165) is 0 Å². The number of hydrogen-bond acceptors (Lipinski definition) is 3. The van der Waals surface area contributed by atoms with Crippen LogP contribution in [0, 0.1) is 11.2 Å². The number of carbonyl (C=O) groups excluding carboxylic acids is 2. The largest absolute Gasteiger partial charge is 0.311 e. The van der Waals surface area contributed by atoms with E-state index in [1.54, 1.807) is 13.8 Å². The standard InChI is InChI=1S/C15H17Cl2FN2O2/c1-14(2,8-16)12(21)15(19)5-6-20(13(15)22)9-3-4-11(18)10(17)7-9/h3-4,7H,5-6,8,19H2,1-2H3. The van der Waals surface area contributed by atoms with Crippen LogP contribution in [0.15, 0.2) is 18.2 Å². The number of Topliss-reactive ketones (excluding diaryl/α,β-unsaturated/α-hetero) is 1. The van der Waals surface area contributed by atoms with Crippen molar-refractivity contribution in [2.24, 2.45) is 11.1 Å². The summed E-state index contributed by atoms with van der Waals surface area (Å²) in [5.74, 6) is -1.41. The van der Waals surface area contributed by atoms with E-state index in [-0.39, 0.29) is 23.9 Å². The molecule has 0 aromatic heterocycles. The van der Waals surface area contributed by atoms with Gasteiger partial charge in [0.2, 0.25) is 0 Å². The lowest BCUT2D eigenvalue weighted by atomic mass is 9.77. The predicted octanol–water partition coefficient (Wildman–Crippen LogP) is 2.75. The molecule has 1 heterocycles. The average Bonchev–Trinajstić information content (AvgIpc) is 2.78. The second-order valence-corrected chi connectivity index (χ2v) is 6.80. The number of alkyl halides is 1. The lowest BCUT2D eigenvalue weighted by Crippen LogP contribution is -2.59. The van der Waals surface area contributed by atoms with Crippen molar-refractivity contribution in [3.05, 3.63) is 29.0 Å². The second-order valence-electron chi connectivity index (χ2n) is 6.12. The lowest BCUT2D eigenvalue weighted by molar-refractivity contribution is -0.137. The van der Waals surface area contributed by atoms with Crippen molar-refractivity contribution in [3.63, 3.8) is 0 Å². The van der Waals surface area contributed by atoms with Gasteiger partial charge in [0.15, 0.2) is 11.3 Å². The SMILES string of the molecule is CC(C)(CCl)C(=O)C1(N)CCN(c2ccc(F)c(Cl)c2)C1=O. The van der Waals surface area contributed by atoms with Gasteiger partial charge in [-0.25, -0.2) is 4.39 Å². The first-order chi connectivity index (χ1) is 10.1. The van der Waals surface area contributed by atoms with Crippen LogP contribution in [0.3, 0.4) is 0 Å². The predicted molar refractivity (Wildman–Crippen MR) is 84.8 cm³/mol. The highest BCUT2D eigenvalue weighted by molar-refractivity contribution is 6.31. The Labute approximate surface area is 138 Å². The first-order valence-corrected chi connectivity index (χ1v) is 7.71. The molecule has 1 aromatic carbocycles. The fourth-order valence-corrected chi connectivity index (χ4v) is 2.81. The Kier molecular flexibility index (Phi) is 4.53. The molecule has 1 fully saturated rings. The van der Waals surface area contributed by atoms with Crippen molar-refractivity contribution in [1.82, 2.24) is 0 Å². The molecule has 0 spiro atoms. The fourth-order valence-electron chi connectivity index (χ4n) is 2.51. The summed E-state index contributed by atoms with van der Waals surface area (Å²) in [6, 6.07) is 3.95. The summed E-state index contributed by atoms with van der Waals surface area (Å²) in [6.45, 7) is 3.57. The molecule has 0 saturated carbocycles. The topological polar surface area (TPSA) is 63.4 Å². The maximum absolute atomic E-state index is 13.2. The summed E-state index contributed by atoms with van der Waals surface area (Å²) in [7, 11) is 0. The van der Waals surface area contributed by atoms with Crippen molar-refractivity contribution in [2.45, 2.75) is 25.8 Å². The quantitative estimate of drug-likeness (QED) is 0.673. The van der Waals surface area contributed by atoms with Gasteiger partial charge < -0.3 is 10.6 Å². The molecule has 0 aliphatic carbocycles. The number of halogens is 3. The summed E-state index contributed by atoms with van der Waals surface area (Å²) in [5.41, 5.74) is 4.00. The summed E-state index contributed by atoms with van der Waals surface area (Å²) in [6.07, 6.45) is 0.181. The summed E-state index contributed by atoms with van der Waals surface area (Å²) in [5, 5.41) is -0.0905. The van der Waals surface area contributed by atoms with Crippen LogP contribution in [0.5, 0.6) is 0 Å². The molecule has 0 bridgehead atoms. The van der Waals surface area contributed by atoms with E-state index < -0.39 is 28.5 Å². The van der Waals surface area contributed by atoms with Crippen molar-refractivity contribution in [3.8, 4) is 0 Å². The maximum atomic E-state index is 13.2. The Morgan fingerprint density at radius 2 is 2.14 bits per heavy atom. The molecule has 1 amide bonds. The highest BCUT2D eigenvalue weighted by Crippen LogP contribution is 2.34. The van der Waals surface area contributed by atoms with Gasteiger partial charge in [-0.1, -0.05) is 25.4 Å². The molecule has 1 saturated heterocycles. The van der Waals surface area contributed by atoms with Gasteiger partial charge in [0.25, 0.3) is 5.91 Å². The molecule has 7 heteroatoms. The highest BCUT2D eigenvalue weighted by Gasteiger charge is 2.53. The molecule has 0 radical (unpaired) electrons. The van der Waals surface area contributed by atoms with E-state index >= 15 is 0 Å². The Balaban J connectivity index is 2.33. The third kappa shape index (κ3) is 2.73. The van der Waals surface area contributed by atoms with Crippen molar-refractivity contribution in [1.29, 1.82) is 0 Å². The van der Waals surface area contributed by atoms with E-state index in [9.17, 15) is 14.0 Å². The number of nitrogens with two attached hydrogens (primary N) is 1. The van der Waals surface area contributed by atoms with Gasteiger partial charge in [-0.15, -0.1) is 11.6 Å². The van der Waals surface area contributed by atoms with Crippen molar-refractivity contribution >= 4 is 40.6 Å². The summed E-state index contributed by atoms with van der Waals surface area (Å²) < 4.78 is 13.2. The number of rotatable bonds is 4. The fraction of sp³-hybridized carbons (Fsp3) is 0.467. The van der Waals surface area contributed by atoms with Crippen molar-refractivity contribution < 1.29 is 14.0 Å². The number of ketones is 1. The van der Waals surface area contributed by atoms with Gasteiger partial charge in [0, 0.05) is 23.5 Å². The van der Waals surface area contributed by atoms with Crippen LogP contribution in [0.4, 0.5) is 10.1 Å². The molecule has 2 rings (SSSR count). The zero-order chi connectivity index (χ0) is 16.7. The van der Waals surface area contributed by atoms with Crippen LogP contribution >= 0.6 is 23.2 Å². The molecular formula is C15H17Cl2FN2O2. The zero-order valence-corrected chi connectivity index (χ0v) is 13.8. The smallest absolute Gasteiger partial charge is 0.254 e. The van der Waals surface area contributed by atoms with Crippen LogP contribution < -0.4 is 10.6 Å². The van der Waals surface area contributed by atoms with Gasteiger partial charge in [0.05, 0.1) is 5.02 Å². The molecule has 4 nitrogen and oxygen atoms in total. The first-order valence-electron chi connectivity index (χ1n) is 6.80. The molecule has 1 aliphatic heterocycles. The third-order valence-electron chi connectivity index (χ3n) is 3.93. The van der Waals surface area contributed by atoms with Crippen LogP contribution in [-0.2, 0) is 9.59 Å². The van der Waals surface area contributed by atoms with E-state index in [2.05, 4.69) is 0 Å². The van der Waals surface area contributed by atoms with Gasteiger partial charge in [-0.05, 0) is 24.6 Å². The van der Waals surface area contributed by atoms with E-state index in [4.69, 9.17) is 28.9 Å². The number of anilines is 1. The number of benzene rings is 1. The normalized spacial score (nSPS) is 22.3. The Morgan fingerprint density at radius 1 is 1.50 bits per heavy atom. The minimum absolute atomic E-state index is 0.0699. The number of carbonyl (C=O) groups is 2. The maximum Gasteiger partial charge on any atom is 0.254 e. The number of hydrogen-bond donors (Lipinski definition) is 1. The van der Waals surface area contributed by atoms with Crippen LogP contribution in [-0.4, -0.2) is 29.7 Å². The molecule has 120 valence electrons. The average molecular weight is 347 g/mol.